The van der Waals surface area contributed by atoms with Crippen LogP contribution >= 0.6 is 15.9 Å². The molecule has 90 valence electrons. The van der Waals surface area contributed by atoms with Gasteiger partial charge in [0.05, 0.1) is 12.8 Å². The Morgan fingerprint density at radius 1 is 1.50 bits per heavy atom. The molecule has 4 nitrogen and oxygen atoms in total. The van der Waals surface area contributed by atoms with E-state index in [0.717, 1.165) is 18.7 Å². The zero-order valence-corrected chi connectivity index (χ0v) is 11.5. The molecule has 0 aliphatic carbocycles. The summed E-state index contributed by atoms with van der Waals surface area (Å²) < 4.78 is 7.37. The molecule has 0 atom stereocenters. The van der Waals surface area contributed by atoms with Gasteiger partial charge in [0.25, 0.3) is 0 Å². The van der Waals surface area contributed by atoms with Crippen LogP contribution in [0.3, 0.4) is 0 Å². The predicted molar refractivity (Wildman–Crippen MR) is 65.5 cm³/mol. The first-order valence-corrected chi connectivity index (χ1v) is 6.22. The molecule has 0 saturated carbocycles. The van der Waals surface area contributed by atoms with Crippen molar-refractivity contribution >= 4 is 21.9 Å². The maximum atomic E-state index is 11.4. The summed E-state index contributed by atoms with van der Waals surface area (Å²) in [6, 6.07) is 0. The van der Waals surface area contributed by atoms with E-state index in [9.17, 15) is 4.79 Å². The zero-order valence-electron chi connectivity index (χ0n) is 9.92. The second-order valence-electron chi connectivity index (χ2n) is 3.67. The Hall–Kier alpha value is -0.840. The van der Waals surface area contributed by atoms with Crippen LogP contribution in [-0.2, 0) is 11.3 Å². The minimum atomic E-state index is -0.382. The van der Waals surface area contributed by atoms with E-state index in [1.807, 2.05) is 11.5 Å². The van der Waals surface area contributed by atoms with E-state index in [4.69, 9.17) is 0 Å². The third kappa shape index (κ3) is 2.84. The molecule has 1 rings (SSSR count). The lowest BCUT2D eigenvalue weighted by atomic mass is 10.2. The Balaban J connectivity index is 2.85. The highest BCUT2D eigenvalue weighted by Gasteiger charge is 2.18. The van der Waals surface area contributed by atoms with Crippen LogP contribution in [0.15, 0.2) is 4.73 Å². The van der Waals surface area contributed by atoms with Crippen molar-refractivity contribution in [3.05, 3.63) is 16.1 Å². The van der Waals surface area contributed by atoms with Crippen molar-refractivity contribution in [2.45, 2.75) is 39.7 Å². The molecule has 1 heterocycles. The SMILES string of the molecule is CCCCCn1c(Br)nc(C(=O)OC)c1C. The molecule has 0 spiro atoms. The van der Waals surface area contributed by atoms with Crippen molar-refractivity contribution in [1.82, 2.24) is 9.55 Å². The van der Waals surface area contributed by atoms with Gasteiger partial charge in [-0.15, -0.1) is 0 Å². The molecule has 1 aromatic heterocycles. The van der Waals surface area contributed by atoms with Crippen molar-refractivity contribution in [3.8, 4) is 0 Å². The van der Waals surface area contributed by atoms with Crippen LogP contribution in [0.4, 0.5) is 0 Å². The van der Waals surface area contributed by atoms with E-state index < -0.39 is 0 Å². The Kier molecular flexibility index (Phi) is 4.99. The molecule has 0 aliphatic rings. The van der Waals surface area contributed by atoms with Crippen molar-refractivity contribution in [1.29, 1.82) is 0 Å². The highest BCUT2D eigenvalue weighted by atomic mass is 79.9. The summed E-state index contributed by atoms with van der Waals surface area (Å²) in [5, 5.41) is 0. The number of carbonyl (C=O) groups excluding carboxylic acids is 1. The van der Waals surface area contributed by atoms with Gasteiger partial charge in [0.2, 0.25) is 0 Å². The minimum absolute atomic E-state index is 0.382. The van der Waals surface area contributed by atoms with Gasteiger partial charge in [-0.1, -0.05) is 19.8 Å². The summed E-state index contributed by atoms with van der Waals surface area (Å²) in [4.78, 5) is 15.6. The monoisotopic (exact) mass is 288 g/mol. The average Bonchev–Trinajstić information content (AvgIpc) is 2.56. The summed E-state index contributed by atoms with van der Waals surface area (Å²) in [5.74, 6) is -0.382. The number of ether oxygens (including phenoxy) is 1. The lowest BCUT2D eigenvalue weighted by Gasteiger charge is -2.06. The minimum Gasteiger partial charge on any atom is -0.464 e. The molecule has 0 saturated heterocycles. The quantitative estimate of drug-likeness (QED) is 0.618. The zero-order chi connectivity index (χ0) is 12.1. The van der Waals surface area contributed by atoms with Crippen molar-refractivity contribution in [3.63, 3.8) is 0 Å². The first kappa shape index (κ1) is 13.2. The van der Waals surface area contributed by atoms with Gasteiger partial charge >= 0.3 is 5.97 Å². The summed E-state index contributed by atoms with van der Waals surface area (Å²) >= 11 is 3.36. The van der Waals surface area contributed by atoms with Crippen LogP contribution in [0.5, 0.6) is 0 Å². The number of hydrogen-bond acceptors (Lipinski definition) is 3. The molecule has 5 heteroatoms. The first-order chi connectivity index (χ1) is 7.61. The molecule has 0 amide bonds. The number of nitrogens with zero attached hydrogens (tertiary/aromatic N) is 2. The fourth-order valence-corrected chi connectivity index (χ4v) is 2.19. The lowest BCUT2D eigenvalue weighted by molar-refractivity contribution is 0.0593. The standard InChI is InChI=1S/C11H17BrN2O2/c1-4-5-6-7-14-8(2)9(10(15)16-3)13-11(14)12/h4-7H2,1-3H3. The smallest absolute Gasteiger partial charge is 0.358 e. The summed E-state index contributed by atoms with van der Waals surface area (Å²) in [6.45, 7) is 4.93. The number of halogens is 1. The molecule has 1 aromatic rings. The van der Waals surface area contributed by atoms with E-state index in [0.29, 0.717) is 10.4 Å². The van der Waals surface area contributed by atoms with E-state index in [1.54, 1.807) is 0 Å². The summed E-state index contributed by atoms with van der Waals surface area (Å²) in [7, 11) is 1.37. The third-order valence-electron chi connectivity index (χ3n) is 2.54. The molecule has 0 unspecified atom stereocenters. The van der Waals surface area contributed by atoms with Crippen LogP contribution in [0.1, 0.15) is 42.4 Å². The van der Waals surface area contributed by atoms with Gasteiger partial charge in [0, 0.05) is 6.54 Å². The number of rotatable bonds is 5. The highest BCUT2D eigenvalue weighted by Crippen LogP contribution is 2.18. The van der Waals surface area contributed by atoms with E-state index in [2.05, 4.69) is 32.6 Å². The number of esters is 1. The van der Waals surface area contributed by atoms with Crippen LogP contribution < -0.4 is 0 Å². The Labute approximate surface area is 104 Å². The van der Waals surface area contributed by atoms with Crippen LogP contribution in [-0.4, -0.2) is 22.6 Å². The largest absolute Gasteiger partial charge is 0.464 e. The summed E-state index contributed by atoms with van der Waals surface area (Å²) in [6.07, 6.45) is 3.44. The van der Waals surface area contributed by atoms with Crippen LogP contribution in [0.2, 0.25) is 0 Å². The molecule has 16 heavy (non-hydrogen) atoms. The molecule has 0 aromatic carbocycles. The van der Waals surface area contributed by atoms with Gasteiger partial charge in [-0.05, 0) is 29.3 Å². The topological polar surface area (TPSA) is 44.1 Å². The maximum Gasteiger partial charge on any atom is 0.358 e. The molecule has 0 aliphatic heterocycles. The van der Waals surface area contributed by atoms with E-state index in [1.165, 1.54) is 20.0 Å². The highest BCUT2D eigenvalue weighted by molar-refractivity contribution is 9.10. The van der Waals surface area contributed by atoms with Gasteiger partial charge in [0.1, 0.15) is 0 Å². The van der Waals surface area contributed by atoms with Crippen LogP contribution in [0, 0.1) is 6.92 Å². The van der Waals surface area contributed by atoms with E-state index in [-0.39, 0.29) is 5.97 Å². The molecule has 0 N–H and O–H groups in total. The molecular formula is C11H17BrN2O2. The Morgan fingerprint density at radius 2 is 2.19 bits per heavy atom. The second-order valence-corrected chi connectivity index (χ2v) is 4.37. The first-order valence-electron chi connectivity index (χ1n) is 5.42. The number of unbranched alkanes of at least 4 members (excludes halogenated alkanes) is 2. The van der Waals surface area contributed by atoms with Crippen molar-refractivity contribution < 1.29 is 9.53 Å². The fourth-order valence-electron chi connectivity index (χ4n) is 1.57. The second kappa shape index (κ2) is 6.03. The number of hydrogen-bond donors (Lipinski definition) is 0. The summed E-state index contributed by atoms with van der Waals surface area (Å²) in [5.41, 5.74) is 1.25. The Morgan fingerprint density at radius 3 is 2.75 bits per heavy atom. The maximum absolute atomic E-state index is 11.4. The van der Waals surface area contributed by atoms with E-state index >= 15 is 0 Å². The number of carbonyl (C=O) groups is 1. The Bertz CT molecular complexity index is 374. The van der Waals surface area contributed by atoms with Gasteiger partial charge < -0.3 is 9.30 Å². The van der Waals surface area contributed by atoms with Gasteiger partial charge in [-0.3, -0.25) is 0 Å². The fraction of sp³-hybridized carbons (Fsp3) is 0.636. The van der Waals surface area contributed by atoms with Gasteiger partial charge in [-0.25, -0.2) is 9.78 Å². The average molecular weight is 289 g/mol. The molecule has 0 fully saturated rings. The number of methoxy groups -OCH3 is 1. The molecule has 0 bridgehead atoms. The normalized spacial score (nSPS) is 10.5. The lowest BCUT2D eigenvalue weighted by Crippen LogP contribution is -2.06. The number of aromatic nitrogens is 2. The van der Waals surface area contributed by atoms with Gasteiger partial charge in [0.15, 0.2) is 10.4 Å². The van der Waals surface area contributed by atoms with Crippen molar-refractivity contribution in [2.75, 3.05) is 7.11 Å². The third-order valence-corrected chi connectivity index (χ3v) is 3.14. The van der Waals surface area contributed by atoms with Crippen LogP contribution in [0.25, 0.3) is 0 Å². The molecular weight excluding hydrogens is 272 g/mol. The predicted octanol–water partition coefficient (Wildman–Crippen LogP) is 2.93. The van der Waals surface area contributed by atoms with Crippen molar-refractivity contribution in [2.24, 2.45) is 0 Å². The molecule has 0 radical (unpaired) electrons. The van der Waals surface area contributed by atoms with Gasteiger partial charge in [-0.2, -0.15) is 0 Å². The number of imidazole rings is 1.